The molecule has 2 fully saturated rings. The monoisotopic (exact) mass is 1130 g/mol. The van der Waals surface area contributed by atoms with E-state index in [-0.39, 0.29) is 47.7 Å². The minimum absolute atomic E-state index is 0.0931. The molecule has 2 aliphatic carbocycles. The predicted octanol–water partition coefficient (Wildman–Crippen LogP) is 14.8. The Hall–Kier alpha value is -6.20. The molecule has 1 amide bonds. The first-order valence-corrected chi connectivity index (χ1v) is 25.5. The Labute approximate surface area is 450 Å². The standard InChI is InChI=1S/C27H29F6N3O2.C25H29F6NO.C4H8N2O2/c1-3-25(36-17-34-35-23(36)37)11-9-24(10-12-25,20-7-5-4-6-8-20)16-38-18(2)19-13-21(26(28,29)30)15-22(14-19)27(31,32)33;1-3-23(32)11-9-22(10-12-23,19-7-5-4-6-8-19)16-33-17(2)18-13-20(24(26,27)28)15-21(14-18)25(29,30)31;1-3-5-6-4(7)8-2/h4-8,13-15,17-18H,3,9-12,16H2,1-2H3,(H,35,37);4-8,13-15,17H,3,9-12,16,32H2,1-2H3;3H,1-2H3,(H,6,7)/t18-,24?,25?;17-,22?,23?;/m11./s1. The van der Waals surface area contributed by atoms with Crippen molar-refractivity contribution in [3.05, 3.63) is 158 Å². The molecule has 2 atom stereocenters. The minimum atomic E-state index is -4.93. The van der Waals surface area contributed by atoms with E-state index >= 15 is 0 Å². The topological polar surface area (TPSA) is 146 Å². The number of amides is 1. The van der Waals surface area contributed by atoms with Gasteiger partial charge in [-0.3, -0.25) is 4.57 Å². The Morgan fingerprint density at radius 2 is 1.04 bits per heavy atom. The van der Waals surface area contributed by atoms with Gasteiger partial charge in [-0.15, -0.1) is 0 Å². The van der Waals surface area contributed by atoms with Gasteiger partial charge in [-0.2, -0.15) is 62.9 Å². The number of alkyl halides is 12. The highest BCUT2D eigenvalue weighted by atomic mass is 19.4. The molecule has 4 N–H and O–H groups in total. The highest BCUT2D eigenvalue weighted by Gasteiger charge is 2.46. The highest BCUT2D eigenvalue weighted by molar-refractivity contribution is 5.68. The molecular weight excluding hydrogens is 1060 g/mol. The van der Waals surface area contributed by atoms with E-state index in [1.54, 1.807) is 11.5 Å². The first-order valence-electron chi connectivity index (χ1n) is 25.5. The maximum absolute atomic E-state index is 13.4. The quantitative estimate of drug-likeness (QED) is 0.0570. The Morgan fingerprint density at radius 1 is 0.658 bits per heavy atom. The zero-order valence-corrected chi connectivity index (χ0v) is 44.5. The van der Waals surface area contributed by atoms with Crippen molar-refractivity contribution in [2.24, 2.45) is 10.8 Å². The van der Waals surface area contributed by atoms with Crippen molar-refractivity contribution < 1.29 is 71.7 Å². The number of ether oxygens (including phenoxy) is 3. The second-order valence-electron chi connectivity index (χ2n) is 20.2. The molecule has 0 radical (unpaired) electrons. The number of nitrogens with zero attached hydrogens (tertiary/aromatic N) is 3. The summed E-state index contributed by atoms with van der Waals surface area (Å²) >= 11 is 0. The summed E-state index contributed by atoms with van der Waals surface area (Å²) in [6.45, 7) is 8.94. The Morgan fingerprint density at radius 3 is 1.34 bits per heavy atom. The van der Waals surface area contributed by atoms with Crippen LogP contribution >= 0.6 is 0 Å². The van der Waals surface area contributed by atoms with Crippen LogP contribution in [0.5, 0.6) is 0 Å². The molecule has 1 aromatic heterocycles. The number of halogens is 12. The third kappa shape index (κ3) is 16.5. The van der Waals surface area contributed by atoms with Crippen LogP contribution in [0.25, 0.3) is 0 Å². The van der Waals surface area contributed by atoms with Crippen LogP contribution in [0.2, 0.25) is 0 Å². The van der Waals surface area contributed by atoms with Gasteiger partial charge in [-0.05, 0) is 144 Å². The second kappa shape index (κ2) is 25.9. The summed E-state index contributed by atoms with van der Waals surface area (Å²) in [5, 5.41) is 9.70. The molecule has 0 bridgehead atoms. The molecule has 0 aliphatic heterocycles. The number of hydrogen-bond acceptors (Lipinski definition) is 8. The van der Waals surface area contributed by atoms with Gasteiger partial charge in [0.05, 0.1) is 60.3 Å². The second-order valence-corrected chi connectivity index (χ2v) is 20.2. The van der Waals surface area contributed by atoms with Crippen LogP contribution < -0.4 is 16.8 Å². The third-order valence-corrected chi connectivity index (χ3v) is 15.4. The number of benzene rings is 4. The molecule has 4 aromatic carbocycles. The Bertz CT molecular complexity index is 2750. The van der Waals surface area contributed by atoms with E-state index in [1.165, 1.54) is 33.5 Å². The lowest BCUT2D eigenvalue weighted by Crippen LogP contribution is -2.48. The van der Waals surface area contributed by atoms with Crippen LogP contribution in [0.4, 0.5) is 57.5 Å². The average molecular weight is 1130 g/mol. The first kappa shape index (κ1) is 63.6. The van der Waals surface area contributed by atoms with Crippen LogP contribution in [-0.2, 0) is 55.3 Å². The number of methoxy groups -OCH3 is 1. The van der Waals surface area contributed by atoms with Gasteiger partial charge in [-0.1, -0.05) is 74.5 Å². The number of carbonyl (C=O) groups is 1. The van der Waals surface area contributed by atoms with Gasteiger partial charge in [0.1, 0.15) is 6.33 Å². The number of nitrogens with two attached hydrogens (primary N) is 1. The lowest BCUT2D eigenvalue weighted by Gasteiger charge is -2.47. The molecule has 11 nitrogen and oxygen atoms in total. The van der Waals surface area contributed by atoms with Crippen molar-refractivity contribution in [3.8, 4) is 0 Å². The predicted molar refractivity (Wildman–Crippen MR) is 273 cm³/mol. The van der Waals surface area contributed by atoms with Crippen LogP contribution in [0.15, 0.2) is 113 Å². The van der Waals surface area contributed by atoms with Gasteiger partial charge in [0.25, 0.3) is 0 Å². The summed E-state index contributed by atoms with van der Waals surface area (Å²) < 4.78 is 178. The Kier molecular flexibility index (Phi) is 20.9. The van der Waals surface area contributed by atoms with Crippen LogP contribution in [0.3, 0.4) is 0 Å². The maximum Gasteiger partial charge on any atom is 0.427 e. The molecule has 0 unspecified atom stereocenters. The summed E-state index contributed by atoms with van der Waals surface area (Å²) in [6.07, 6.45) is -12.3. The SMILES string of the molecule is CC=NNC(=O)OC.CCC1(N)CCC(CO[C@H](C)c2cc(C(F)(F)F)cc(C(F)(F)F)c2)(c2ccccc2)CC1.CCC1(n2cn[nH]c2=O)CCC(CO[C@H](C)c2cc(C(F)(F)F)cc(C(F)(F)F)c2)(c2ccccc2)CC1. The van der Waals surface area contributed by atoms with E-state index in [0.717, 1.165) is 55.4 Å². The van der Waals surface area contributed by atoms with E-state index in [2.05, 4.69) is 25.5 Å². The highest BCUT2D eigenvalue weighted by Crippen LogP contribution is 2.49. The Balaban J connectivity index is 0.000000257. The number of aromatic amines is 1. The third-order valence-electron chi connectivity index (χ3n) is 15.4. The molecule has 2 saturated carbocycles. The van der Waals surface area contributed by atoms with E-state index in [0.29, 0.717) is 44.2 Å². The van der Waals surface area contributed by atoms with Crippen molar-refractivity contribution in [3.63, 3.8) is 0 Å². The fraction of sp³-hybridized carbons (Fsp3) is 0.500. The van der Waals surface area contributed by atoms with E-state index in [4.69, 9.17) is 15.2 Å². The number of carbonyl (C=O) groups excluding carboxylic acids is 1. The van der Waals surface area contributed by atoms with Crippen LogP contribution in [-0.4, -0.2) is 52.9 Å². The number of rotatable bonds is 14. The molecular formula is C56H66F12N6O5. The molecule has 23 heteroatoms. The van der Waals surface area contributed by atoms with Gasteiger partial charge in [0, 0.05) is 22.6 Å². The van der Waals surface area contributed by atoms with Crippen molar-refractivity contribution in [1.29, 1.82) is 0 Å². The van der Waals surface area contributed by atoms with E-state index in [1.807, 2.05) is 74.5 Å². The number of H-pyrrole nitrogens is 1. The summed E-state index contributed by atoms with van der Waals surface area (Å²) in [5.74, 6) is 0. The minimum Gasteiger partial charge on any atom is -0.452 e. The first-order chi connectivity index (χ1) is 36.9. The number of hydrogen-bond donors (Lipinski definition) is 3. The van der Waals surface area contributed by atoms with Gasteiger partial charge in [0.15, 0.2) is 0 Å². The molecule has 5 aromatic rings. The number of hydrazone groups is 1. The normalized spacial score (nSPS) is 22.7. The summed E-state index contributed by atoms with van der Waals surface area (Å²) in [5.41, 5.74) is 2.85. The van der Waals surface area contributed by atoms with Gasteiger partial charge in [-0.25, -0.2) is 20.1 Å². The summed E-state index contributed by atoms with van der Waals surface area (Å²) in [4.78, 5) is 22.5. The lowest BCUT2D eigenvalue weighted by atomic mass is 9.63. The average Bonchev–Trinajstić information content (AvgIpc) is 3.88. The van der Waals surface area contributed by atoms with Crippen LogP contribution in [0, 0.1) is 0 Å². The fourth-order valence-corrected chi connectivity index (χ4v) is 10.1. The van der Waals surface area contributed by atoms with Crippen molar-refractivity contribution >= 4 is 12.3 Å². The summed E-state index contributed by atoms with van der Waals surface area (Å²) in [6, 6.07) is 22.3. The molecule has 79 heavy (non-hydrogen) atoms. The maximum atomic E-state index is 13.4. The number of aromatic nitrogens is 3. The zero-order valence-electron chi connectivity index (χ0n) is 44.5. The molecule has 0 spiro atoms. The van der Waals surface area contributed by atoms with E-state index in [9.17, 15) is 62.3 Å². The molecule has 1 heterocycles. The van der Waals surface area contributed by atoms with Gasteiger partial charge in [0.2, 0.25) is 0 Å². The van der Waals surface area contributed by atoms with Gasteiger partial charge >= 0.3 is 36.5 Å². The smallest absolute Gasteiger partial charge is 0.427 e. The van der Waals surface area contributed by atoms with E-state index < -0.39 is 81.6 Å². The lowest BCUT2D eigenvalue weighted by molar-refractivity contribution is -0.145. The largest absolute Gasteiger partial charge is 0.452 e. The van der Waals surface area contributed by atoms with Gasteiger partial charge < -0.3 is 19.9 Å². The van der Waals surface area contributed by atoms with Crippen LogP contribution in [0.1, 0.15) is 156 Å². The van der Waals surface area contributed by atoms with Crippen molar-refractivity contribution in [1.82, 2.24) is 20.2 Å². The zero-order chi connectivity index (χ0) is 58.7. The summed E-state index contributed by atoms with van der Waals surface area (Å²) in [7, 11) is 1.28. The van der Waals surface area contributed by atoms with Crippen molar-refractivity contribution in [2.75, 3.05) is 20.3 Å². The molecule has 7 rings (SSSR count). The fourth-order valence-electron chi connectivity index (χ4n) is 10.1. The molecule has 2 aliphatic rings. The molecule has 434 valence electrons. The molecule has 0 saturated heterocycles. The number of nitrogens with one attached hydrogen (secondary N) is 2. The van der Waals surface area contributed by atoms with Crippen molar-refractivity contribution in [2.45, 2.75) is 158 Å².